The SMILES string of the molecule is C=C1CC2(CC(C)(C)N1)OC1(CCCCCCCCCCC1)NC2=O. The molecule has 0 radical (unpaired) electrons. The number of ether oxygens (including phenoxy) is 1. The van der Waals surface area contributed by atoms with E-state index in [0.717, 1.165) is 31.4 Å². The molecule has 4 nitrogen and oxygen atoms in total. The molecule has 2 heterocycles. The van der Waals surface area contributed by atoms with E-state index in [1.807, 2.05) is 0 Å². The maximum atomic E-state index is 13.0. The van der Waals surface area contributed by atoms with E-state index in [1.165, 1.54) is 44.9 Å². The summed E-state index contributed by atoms with van der Waals surface area (Å²) in [4.78, 5) is 13.0. The first kappa shape index (κ1) is 18.8. The summed E-state index contributed by atoms with van der Waals surface area (Å²) in [7, 11) is 0. The summed E-state index contributed by atoms with van der Waals surface area (Å²) in [5.41, 5.74) is -0.437. The van der Waals surface area contributed by atoms with Crippen molar-refractivity contribution in [2.24, 2.45) is 0 Å². The average Bonchev–Trinajstić information content (AvgIpc) is 2.73. The number of carbonyl (C=O) groups excluding carboxylic acids is 1. The Kier molecular flexibility index (Phi) is 5.48. The Bertz CT molecular complexity index is 502. The first-order valence-corrected chi connectivity index (χ1v) is 10.3. The third kappa shape index (κ3) is 4.39. The van der Waals surface area contributed by atoms with Gasteiger partial charge in [0, 0.05) is 24.1 Å². The largest absolute Gasteiger partial charge is 0.384 e. The summed E-state index contributed by atoms with van der Waals surface area (Å²) in [6, 6.07) is 0. The quantitative estimate of drug-likeness (QED) is 0.675. The van der Waals surface area contributed by atoms with Gasteiger partial charge in [-0.1, -0.05) is 51.5 Å². The lowest BCUT2D eigenvalue weighted by Gasteiger charge is -2.43. The minimum absolute atomic E-state index is 0.0790. The van der Waals surface area contributed by atoms with E-state index in [4.69, 9.17) is 4.74 Å². The van der Waals surface area contributed by atoms with Crippen LogP contribution in [-0.4, -0.2) is 22.8 Å². The van der Waals surface area contributed by atoms with Crippen molar-refractivity contribution in [3.63, 3.8) is 0 Å². The van der Waals surface area contributed by atoms with Crippen molar-refractivity contribution in [2.45, 2.75) is 114 Å². The highest BCUT2D eigenvalue weighted by Crippen LogP contribution is 2.44. The normalized spacial score (nSPS) is 33.4. The number of piperidine rings is 1. The van der Waals surface area contributed by atoms with Crippen LogP contribution in [0, 0.1) is 0 Å². The maximum Gasteiger partial charge on any atom is 0.255 e. The van der Waals surface area contributed by atoms with Crippen LogP contribution in [0.15, 0.2) is 12.3 Å². The van der Waals surface area contributed by atoms with Gasteiger partial charge in [0.2, 0.25) is 0 Å². The molecule has 0 aromatic rings. The van der Waals surface area contributed by atoms with Gasteiger partial charge in [-0.2, -0.15) is 0 Å². The molecule has 4 heteroatoms. The number of carbonyl (C=O) groups is 1. The average molecular weight is 349 g/mol. The van der Waals surface area contributed by atoms with Gasteiger partial charge in [-0.15, -0.1) is 0 Å². The predicted octanol–water partition coefficient (Wildman–Crippen LogP) is 4.55. The Morgan fingerprint density at radius 2 is 1.40 bits per heavy atom. The molecule has 1 atom stereocenters. The number of hydrogen-bond acceptors (Lipinski definition) is 3. The van der Waals surface area contributed by atoms with Crippen LogP contribution in [0.2, 0.25) is 0 Å². The molecule has 1 aliphatic carbocycles. The fourth-order valence-electron chi connectivity index (χ4n) is 5.10. The van der Waals surface area contributed by atoms with Gasteiger partial charge in [-0.25, -0.2) is 0 Å². The van der Waals surface area contributed by atoms with Gasteiger partial charge >= 0.3 is 0 Å². The van der Waals surface area contributed by atoms with Crippen LogP contribution in [0.1, 0.15) is 97.3 Å². The number of rotatable bonds is 0. The van der Waals surface area contributed by atoms with Crippen LogP contribution in [-0.2, 0) is 9.53 Å². The second-order valence-corrected chi connectivity index (χ2v) is 9.19. The fraction of sp³-hybridized carbons (Fsp3) is 0.857. The van der Waals surface area contributed by atoms with Gasteiger partial charge in [0.05, 0.1) is 0 Å². The third-order valence-electron chi connectivity index (χ3n) is 6.05. The number of amides is 1. The topological polar surface area (TPSA) is 50.4 Å². The molecule has 1 amide bonds. The maximum absolute atomic E-state index is 13.0. The zero-order chi connectivity index (χ0) is 18.0. The molecular weight excluding hydrogens is 312 g/mol. The molecule has 2 spiro atoms. The molecule has 25 heavy (non-hydrogen) atoms. The Hall–Kier alpha value is -1.03. The van der Waals surface area contributed by atoms with Crippen molar-refractivity contribution >= 4 is 5.91 Å². The lowest BCUT2D eigenvalue weighted by Crippen LogP contribution is -2.56. The lowest BCUT2D eigenvalue weighted by atomic mass is 9.79. The summed E-state index contributed by atoms with van der Waals surface area (Å²) in [6.45, 7) is 8.36. The molecule has 0 bridgehead atoms. The molecule has 3 rings (SSSR count). The molecule has 1 unspecified atom stereocenters. The molecule has 3 aliphatic rings. The molecule has 2 saturated heterocycles. The standard InChI is InChI=1S/C21H36N2O2/c1-17-15-20(16-19(2,3)22-17)18(24)23-21(25-20)13-11-9-7-5-4-6-8-10-12-14-21/h22H,1,4-16H2,2-3H3,(H,23,24). The van der Waals surface area contributed by atoms with Gasteiger partial charge in [-0.05, 0) is 39.5 Å². The number of nitrogens with one attached hydrogen (secondary N) is 2. The Morgan fingerprint density at radius 3 is 1.92 bits per heavy atom. The van der Waals surface area contributed by atoms with E-state index in [-0.39, 0.29) is 11.4 Å². The summed E-state index contributed by atoms with van der Waals surface area (Å²) >= 11 is 0. The Balaban J connectivity index is 1.75. The van der Waals surface area contributed by atoms with Gasteiger partial charge in [0.1, 0.15) is 5.72 Å². The molecule has 3 fully saturated rings. The van der Waals surface area contributed by atoms with Gasteiger partial charge in [0.15, 0.2) is 5.60 Å². The summed E-state index contributed by atoms with van der Waals surface area (Å²) < 4.78 is 6.68. The van der Waals surface area contributed by atoms with Crippen molar-refractivity contribution in [3.8, 4) is 0 Å². The molecule has 1 saturated carbocycles. The third-order valence-corrected chi connectivity index (χ3v) is 6.05. The van der Waals surface area contributed by atoms with Crippen molar-refractivity contribution in [1.29, 1.82) is 0 Å². The molecular formula is C21H36N2O2. The second kappa shape index (κ2) is 7.30. The van der Waals surface area contributed by atoms with E-state index in [0.29, 0.717) is 12.8 Å². The van der Waals surface area contributed by atoms with Crippen molar-refractivity contribution in [3.05, 3.63) is 12.3 Å². The minimum atomic E-state index is -0.733. The van der Waals surface area contributed by atoms with Gasteiger partial charge in [0.25, 0.3) is 5.91 Å². The highest BCUT2D eigenvalue weighted by Gasteiger charge is 2.58. The second-order valence-electron chi connectivity index (χ2n) is 9.19. The van der Waals surface area contributed by atoms with Gasteiger partial charge in [-0.3, -0.25) is 4.79 Å². The Labute approximate surface area is 153 Å². The highest BCUT2D eigenvalue weighted by atomic mass is 16.6. The van der Waals surface area contributed by atoms with E-state index in [2.05, 4.69) is 31.1 Å². The van der Waals surface area contributed by atoms with Crippen LogP contribution < -0.4 is 10.6 Å². The van der Waals surface area contributed by atoms with E-state index in [1.54, 1.807) is 0 Å². The van der Waals surface area contributed by atoms with Crippen LogP contribution in [0.25, 0.3) is 0 Å². The first-order chi connectivity index (χ1) is 11.9. The first-order valence-electron chi connectivity index (χ1n) is 10.3. The predicted molar refractivity (Wildman–Crippen MR) is 101 cm³/mol. The monoisotopic (exact) mass is 348 g/mol. The Morgan fingerprint density at radius 1 is 0.880 bits per heavy atom. The smallest absolute Gasteiger partial charge is 0.255 e. The lowest BCUT2D eigenvalue weighted by molar-refractivity contribution is -0.152. The van der Waals surface area contributed by atoms with Crippen LogP contribution in [0.5, 0.6) is 0 Å². The number of hydrogen-bond donors (Lipinski definition) is 2. The van der Waals surface area contributed by atoms with E-state index < -0.39 is 11.3 Å². The molecule has 2 aliphatic heterocycles. The summed E-state index contributed by atoms with van der Waals surface area (Å²) in [5, 5.41) is 6.73. The molecule has 2 N–H and O–H groups in total. The zero-order valence-corrected chi connectivity index (χ0v) is 16.2. The van der Waals surface area contributed by atoms with Crippen molar-refractivity contribution in [1.82, 2.24) is 10.6 Å². The fourth-order valence-corrected chi connectivity index (χ4v) is 5.10. The van der Waals surface area contributed by atoms with Crippen molar-refractivity contribution < 1.29 is 9.53 Å². The zero-order valence-electron chi connectivity index (χ0n) is 16.2. The van der Waals surface area contributed by atoms with E-state index >= 15 is 0 Å². The highest BCUT2D eigenvalue weighted by molar-refractivity contribution is 5.88. The van der Waals surface area contributed by atoms with Crippen LogP contribution >= 0.6 is 0 Å². The summed E-state index contributed by atoms with van der Waals surface area (Å²) in [5.74, 6) is 0.0790. The van der Waals surface area contributed by atoms with Crippen LogP contribution in [0.3, 0.4) is 0 Å². The van der Waals surface area contributed by atoms with Crippen LogP contribution in [0.4, 0.5) is 0 Å². The molecule has 142 valence electrons. The molecule has 0 aromatic carbocycles. The van der Waals surface area contributed by atoms with E-state index in [9.17, 15) is 4.79 Å². The summed E-state index contributed by atoms with van der Waals surface area (Å²) in [6.07, 6.45) is 14.6. The molecule has 0 aromatic heterocycles. The van der Waals surface area contributed by atoms with Crippen molar-refractivity contribution in [2.75, 3.05) is 0 Å². The minimum Gasteiger partial charge on any atom is -0.384 e. The van der Waals surface area contributed by atoms with Gasteiger partial charge < -0.3 is 15.4 Å².